The smallest absolute Gasteiger partial charge is 0.264 e. The molecule has 3 aromatic rings. The molecular weight excluding hydrogens is 436 g/mol. The molecule has 0 N–H and O–H groups in total. The monoisotopic (exact) mass is 462 g/mol. The van der Waals surface area contributed by atoms with Crippen LogP contribution in [0.25, 0.3) is 0 Å². The van der Waals surface area contributed by atoms with Crippen LogP contribution in [0.5, 0.6) is 0 Å². The van der Waals surface area contributed by atoms with Gasteiger partial charge in [0.1, 0.15) is 5.82 Å². The summed E-state index contributed by atoms with van der Waals surface area (Å²) in [6.45, 7) is 2.93. The summed E-state index contributed by atoms with van der Waals surface area (Å²) in [5.74, 6) is 0.756. The first-order valence-electron chi connectivity index (χ1n) is 11.2. The van der Waals surface area contributed by atoms with E-state index in [0.717, 1.165) is 29.9 Å². The van der Waals surface area contributed by atoms with E-state index in [-0.39, 0.29) is 10.8 Å². The van der Waals surface area contributed by atoms with Gasteiger partial charge in [-0.15, -0.1) is 0 Å². The van der Waals surface area contributed by atoms with Crippen LogP contribution < -0.4 is 9.21 Å². The number of rotatable bonds is 4. The van der Waals surface area contributed by atoms with Crippen LogP contribution in [-0.2, 0) is 16.4 Å². The van der Waals surface area contributed by atoms with Gasteiger partial charge in [-0.25, -0.2) is 13.4 Å². The largest absolute Gasteiger partial charge is 0.353 e. The van der Waals surface area contributed by atoms with E-state index in [1.807, 2.05) is 42.5 Å². The van der Waals surface area contributed by atoms with Crippen molar-refractivity contribution < 1.29 is 13.2 Å². The lowest BCUT2D eigenvalue weighted by Crippen LogP contribution is -2.49. The van der Waals surface area contributed by atoms with Gasteiger partial charge < -0.3 is 9.80 Å². The molecule has 1 fully saturated rings. The summed E-state index contributed by atoms with van der Waals surface area (Å²) in [5.41, 5.74) is 2.16. The third-order valence-corrected chi connectivity index (χ3v) is 8.09. The molecule has 33 heavy (non-hydrogen) atoms. The number of hydrogen-bond acceptors (Lipinski definition) is 5. The molecule has 2 aliphatic rings. The average molecular weight is 463 g/mol. The van der Waals surface area contributed by atoms with Gasteiger partial charge in [0.25, 0.3) is 15.9 Å². The Morgan fingerprint density at radius 2 is 1.64 bits per heavy atom. The molecule has 1 aromatic heterocycles. The van der Waals surface area contributed by atoms with Gasteiger partial charge in [-0.3, -0.25) is 9.10 Å². The van der Waals surface area contributed by atoms with Crippen LogP contribution in [0.15, 0.2) is 77.8 Å². The van der Waals surface area contributed by atoms with Gasteiger partial charge in [0.05, 0.1) is 10.6 Å². The molecule has 2 aliphatic heterocycles. The maximum atomic E-state index is 13.5. The third kappa shape index (κ3) is 4.18. The van der Waals surface area contributed by atoms with Crippen molar-refractivity contribution in [3.63, 3.8) is 0 Å². The zero-order valence-electron chi connectivity index (χ0n) is 18.3. The fourth-order valence-electron chi connectivity index (χ4n) is 4.53. The zero-order chi connectivity index (χ0) is 22.8. The fraction of sp³-hybridized carbons (Fsp3) is 0.280. The second kappa shape index (κ2) is 8.86. The Morgan fingerprint density at radius 3 is 2.42 bits per heavy atom. The lowest BCUT2D eigenvalue weighted by atomic mass is 10.0. The number of amides is 1. The number of pyridine rings is 1. The van der Waals surface area contributed by atoms with Gasteiger partial charge in [-0.1, -0.05) is 30.3 Å². The highest BCUT2D eigenvalue weighted by molar-refractivity contribution is 7.92. The second-order valence-corrected chi connectivity index (χ2v) is 10.2. The summed E-state index contributed by atoms with van der Waals surface area (Å²) in [6, 6.07) is 19.8. The van der Waals surface area contributed by atoms with Gasteiger partial charge in [-0.2, -0.15) is 0 Å². The molecule has 1 saturated heterocycles. The number of piperazine rings is 1. The highest BCUT2D eigenvalue weighted by atomic mass is 32.2. The molecule has 0 aliphatic carbocycles. The van der Waals surface area contributed by atoms with Crippen LogP contribution in [-0.4, -0.2) is 56.9 Å². The van der Waals surface area contributed by atoms with Crippen molar-refractivity contribution in [2.24, 2.45) is 0 Å². The topological polar surface area (TPSA) is 73.8 Å². The van der Waals surface area contributed by atoms with E-state index in [4.69, 9.17) is 0 Å². The van der Waals surface area contributed by atoms with Gasteiger partial charge in [0.2, 0.25) is 0 Å². The summed E-state index contributed by atoms with van der Waals surface area (Å²) < 4.78 is 28.4. The molecule has 0 unspecified atom stereocenters. The summed E-state index contributed by atoms with van der Waals surface area (Å²) in [4.78, 5) is 21.6. The number of aryl methyl sites for hydroxylation is 1. The first-order valence-corrected chi connectivity index (χ1v) is 12.6. The van der Waals surface area contributed by atoms with E-state index in [0.29, 0.717) is 38.3 Å². The first-order chi connectivity index (χ1) is 16.0. The standard InChI is InChI=1S/C25H26N4O3S/c30-25(28-17-15-27(16-18-28)24-12-3-4-13-26-24)21-8-5-10-22(19-21)33(31,32)29-14-6-9-20-7-1-2-11-23(20)29/h1-5,7-8,10-13,19H,6,9,14-18H2. The van der Waals surface area contributed by atoms with Crippen LogP contribution in [0.4, 0.5) is 11.5 Å². The lowest BCUT2D eigenvalue weighted by Gasteiger charge is -2.35. The van der Waals surface area contributed by atoms with E-state index in [1.165, 1.54) is 10.4 Å². The van der Waals surface area contributed by atoms with Crippen LogP contribution in [0.1, 0.15) is 22.3 Å². The Balaban J connectivity index is 1.34. The number of para-hydroxylation sites is 1. The number of hydrogen-bond donors (Lipinski definition) is 0. The van der Waals surface area contributed by atoms with E-state index >= 15 is 0 Å². The van der Waals surface area contributed by atoms with Crippen LogP contribution in [0.2, 0.25) is 0 Å². The number of fused-ring (bicyclic) bond motifs is 1. The van der Waals surface area contributed by atoms with E-state index in [2.05, 4.69) is 9.88 Å². The molecule has 8 heteroatoms. The minimum atomic E-state index is -3.76. The maximum absolute atomic E-state index is 13.5. The van der Waals surface area contributed by atoms with E-state index in [1.54, 1.807) is 29.3 Å². The molecule has 2 aromatic carbocycles. The molecule has 0 radical (unpaired) electrons. The summed E-state index contributed by atoms with van der Waals surface area (Å²) in [7, 11) is -3.76. The highest BCUT2D eigenvalue weighted by Gasteiger charge is 2.30. The molecule has 0 atom stereocenters. The molecule has 5 rings (SSSR count). The van der Waals surface area contributed by atoms with Crippen LogP contribution in [0.3, 0.4) is 0 Å². The van der Waals surface area contributed by atoms with E-state index in [9.17, 15) is 13.2 Å². The molecule has 0 bridgehead atoms. The van der Waals surface area contributed by atoms with E-state index < -0.39 is 10.0 Å². The third-order valence-electron chi connectivity index (χ3n) is 6.28. The van der Waals surface area contributed by atoms with Crippen LogP contribution >= 0.6 is 0 Å². The van der Waals surface area contributed by atoms with Gasteiger partial charge >= 0.3 is 0 Å². The molecule has 3 heterocycles. The molecule has 0 spiro atoms. The SMILES string of the molecule is O=C(c1cccc(S(=O)(=O)N2CCCc3ccccc32)c1)N1CCN(c2ccccn2)CC1. The Kier molecular flexibility index (Phi) is 5.76. The summed E-state index contributed by atoms with van der Waals surface area (Å²) >= 11 is 0. The Hall–Kier alpha value is -3.39. The molecule has 7 nitrogen and oxygen atoms in total. The predicted molar refractivity (Wildman–Crippen MR) is 128 cm³/mol. The summed E-state index contributed by atoms with van der Waals surface area (Å²) in [6.07, 6.45) is 3.40. The molecule has 0 saturated carbocycles. The number of nitrogens with zero attached hydrogens (tertiary/aromatic N) is 4. The lowest BCUT2D eigenvalue weighted by molar-refractivity contribution is 0.0746. The normalized spacial score (nSPS) is 16.4. The van der Waals surface area contributed by atoms with Crippen molar-refractivity contribution in [2.75, 3.05) is 41.9 Å². The minimum Gasteiger partial charge on any atom is -0.353 e. The first kappa shape index (κ1) is 21.5. The average Bonchev–Trinajstić information content (AvgIpc) is 2.88. The quantitative estimate of drug-likeness (QED) is 0.595. The van der Waals surface area contributed by atoms with Crippen molar-refractivity contribution in [3.05, 3.63) is 84.1 Å². The Labute approximate surface area is 194 Å². The fourth-order valence-corrected chi connectivity index (χ4v) is 6.12. The van der Waals surface area contributed by atoms with Crippen molar-refractivity contribution in [1.29, 1.82) is 0 Å². The Morgan fingerprint density at radius 1 is 0.848 bits per heavy atom. The van der Waals surface area contributed by atoms with Gasteiger partial charge in [0.15, 0.2) is 0 Å². The number of carbonyl (C=O) groups is 1. The number of sulfonamides is 1. The predicted octanol–water partition coefficient (Wildman–Crippen LogP) is 3.19. The highest BCUT2D eigenvalue weighted by Crippen LogP contribution is 2.32. The van der Waals surface area contributed by atoms with Crippen molar-refractivity contribution in [3.8, 4) is 0 Å². The van der Waals surface area contributed by atoms with Gasteiger partial charge in [-0.05, 0) is 54.8 Å². The number of aromatic nitrogens is 1. The zero-order valence-corrected chi connectivity index (χ0v) is 19.1. The number of anilines is 2. The molecule has 170 valence electrons. The number of benzene rings is 2. The molecule has 1 amide bonds. The van der Waals surface area contributed by atoms with Crippen molar-refractivity contribution in [2.45, 2.75) is 17.7 Å². The Bertz CT molecular complexity index is 1260. The summed E-state index contributed by atoms with van der Waals surface area (Å²) in [5, 5.41) is 0. The minimum absolute atomic E-state index is 0.147. The second-order valence-electron chi connectivity index (χ2n) is 8.30. The van der Waals surface area contributed by atoms with Crippen molar-refractivity contribution >= 4 is 27.4 Å². The van der Waals surface area contributed by atoms with Crippen LogP contribution in [0, 0.1) is 0 Å². The van der Waals surface area contributed by atoms with Gasteiger partial charge in [0, 0.05) is 44.5 Å². The molecular formula is C25H26N4O3S. The number of carbonyl (C=O) groups excluding carboxylic acids is 1. The van der Waals surface area contributed by atoms with Crippen molar-refractivity contribution in [1.82, 2.24) is 9.88 Å². The maximum Gasteiger partial charge on any atom is 0.264 e.